The molecule has 5 amide bonds. The van der Waals surface area contributed by atoms with E-state index in [-0.39, 0.29) is 57.8 Å². The summed E-state index contributed by atoms with van der Waals surface area (Å²) in [6.07, 6.45) is 0.736. The number of hydrogen-bond acceptors (Lipinski definition) is 8. The van der Waals surface area contributed by atoms with Gasteiger partial charge in [0, 0.05) is 43.7 Å². The maximum Gasteiger partial charge on any atom is 0.264 e. The molecule has 0 unspecified atom stereocenters. The van der Waals surface area contributed by atoms with Crippen molar-refractivity contribution in [2.75, 3.05) is 26.2 Å². The first-order valence-corrected chi connectivity index (χ1v) is 17.3. The van der Waals surface area contributed by atoms with Crippen LogP contribution in [0.25, 0.3) is 0 Å². The van der Waals surface area contributed by atoms with E-state index in [1.54, 1.807) is 36.1 Å². The first-order chi connectivity index (χ1) is 24.4. The van der Waals surface area contributed by atoms with E-state index < -0.39 is 47.4 Å². The van der Waals surface area contributed by atoms with Gasteiger partial charge in [0.15, 0.2) is 5.60 Å². The maximum absolute atomic E-state index is 14.1. The van der Waals surface area contributed by atoms with E-state index in [1.807, 2.05) is 56.3 Å². The fraction of sp³-hybridized carbons (Fsp3) is 0.421. The van der Waals surface area contributed by atoms with Crippen molar-refractivity contribution in [3.63, 3.8) is 0 Å². The SMILES string of the molecule is Cc1cc(CC(=O)N2CCC3(CC2)Oc2ccc(cc2)OCCNC(=O)[C@H](C)NC(=O)[C@H](Cc2ccccc2)NC(=O)[C@H](C)NC3=O)cc(C)n1. The van der Waals surface area contributed by atoms with Gasteiger partial charge in [0.05, 0.1) is 13.0 Å². The Morgan fingerprint density at radius 3 is 2.10 bits per heavy atom. The van der Waals surface area contributed by atoms with Crippen LogP contribution in [0.3, 0.4) is 0 Å². The van der Waals surface area contributed by atoms with Crippen LogP contribution in [-0.2, 0) is 36.8 Å². The van der Waals surface area contributed by atoms with Crippen LogP contribution in [0, 0.1) is 13.8 Å². The molecule has 13 heteroatoms. The summed E-state index contributed by atoms with van der Waals surface area (Å²) in [4.78, 5) is 73.3. The van der Waals surface area contributed by atoms with Crippen LogP contribution in [0.1, 0.15) is 49.2 Å². The predicted octanol–water partition coefficient (Wildman–Crippen LogP) is 1.93. The first kappa shape index (κ1) is 36.8. The normalized spacial score (nSPS) is 21.7. The average Bonchev–Trinajstić information content (AvgIpc) is 3.10. The molecule has 1 saturated heterocycles. The fourth-order valence-corrected chi connectivity index (χ4v) is 6.26. The monoisotopic (exact) mass is 698 g/mol. The van der Waals surface area contributed by atoms with E-state index in [1.165, 1.54) is 6.92 Å². The number of rotatable bonds is 4. The van der Waals surface area contributed by atoms with Crippen molar-refractivity contribution in [3.05, 3.63) is 89.2 Å². The van der Waals surface area contributed by atoms with Gasteiger partial charge in [-0.2, -0.15) is 0 Å². The molecule has 2 aromatic carbocycles. The highest BCUT2D eigenvalue weighted by atomic mass is 16.5. The van der Waals surface area contributed by atoms with Gasteiger partial charge in [-0.1, -0.05) is 30.3 Å². The molecule has 6 rings (SSSR count). The number of aryl methyl sites for hydroxylation is 2. The van der Waals surface area contributed by atoms with Gasteiger partial charge in [-0.3, -0.25) is 29.0 Å². The van der Waals surface area contributed by atoms with Crippen molar-refractivity contribution in [1.82, 2.24) is 31.2 Å². The van der Waals surface area contributed by atoms with E-state index in [0.717, 1.165) is 22.5 Å². The van der Waals surface area contributed by atoms with E-state index in [4.69, 9.17) is 9.47 Å². The number of carbonyl (C=O) groups is 5. The average molecular weight is 699 g/mol. The maximum atomic E-state index is 14.1. The summed E-state index contributed by atoms with van der Waals surface area (Å²) in [7, 11) is 0. The van der Waals surface area contributed by atoms with Crippen molar-refractivity contribution in [2.45, 2.75) is 77.1 Å². The number of likely N-dealkylation sites (tertiary alicyclic amines) is 1. The smallest absolute Gasteiger partial charge is 0.264 e. The molecule has 13 nitrogen and oxygen atoms in total. The van der Waals surface area contributed by atoms with E-state index in [0.29, 0.717) is 11.5 Å². The molecule has 51 heavy (non-hydrogen) atoms. The van der Waals surface area contributed by atoms with E-state index in [9.17, 15) is 24.0 Å². The number of nitrogens with one attached hydrogen (secondary N) is 4. The number of benzene rings is 2. The zero-order valence-electron chi connectivity index (χ0n) is 29.5. The Hall–Kier alpha value is -5.46. The lowest BCUT2D eigenvalue weighted by molar-refractivity contribution is -0.147. The van der Waals surface area contributed by atoms with Crippen molar-refractivity contribution < 1.29 is 33.4 Å². The standard InChI is InChI=1S/C38H46N6O7/c1-24-20-29(21-25(2)40-24)23-33(45)44-17-14-38(15-18-44)37(49)42-27(4)35(47)43-32(22-28-8-6-5-7-9-28)36(48)41-26(3)34(46)39-16-19-50-30-10-12-31(51-38)13-11-30/h5-13,20-21,26-27,32H,14-19,22-23H2,1-4H3,(H,39,46)(H,41,48)(H,42,49)(H,43,47)/t26-,27-,32-/m0/s1. The number of amides is 5. The van der Waals surface area contributed by atoms with Gasteiger partial charge in [0.25, 0.3) is 5.91 Å². The zero-order chi connectivity index (χ0) is 36.5. The van der Waals surface area contributed by atoms with Crippen molar-refractivity contribution in [2.24, 2.45) is 0 Å². The molecule has 270 valence electrons. The van der Waals surface area contributed by atoms with Crippen LogP contribution in [0.15, 0.2) is 66.7 Å². The molecular weight excluding hydrogens is 652 g/mol. The molecule has 1 fully saturated rings. The van der Waals surface area contributed by atoms with Gasteiger partial charge in [-0.05, 0) is 75.2 Å². The molecule has 0 radical (unpaired) electrons. The summed E-state index contributed by atoms with van der Waals surface area (Å²) in [5, 5.41) is 11.0. The summed E-state index contributed by atoms with van der Waals surface area (Å²) in [5.74, 6) is -1.18. The molecule has 3 aromatic rings. The number of carbonyl (C=O) groups excluding carboxylic acids is 5. The predicted molar refractivity (Wildman–Crippen MR) is 189 cm³/mol. The summed E-state index contributed by atoms with van der Waals surface area (Å²) in [6, 6.07) is 16.8. The fourth-order valence-electron chi connectivity index (χ4n) is 6.26. The van der Waals surface area contributed by atoms with Crippen LogP contribution in [0.2, 0.25) is 0 Å². The Kier molecular flexibility index (Phi) is 11.9. The molecule has 3 atom stereocenters. The second-order valence-electron chi connectivity index (χ2n) is 13.2. The summed E-state index contributed by atoms with van der Waals surface area (Å²) in [6.45, 7) is 7.76. The van der Waals surface area contributed by atoms with Gasteiger partial charge in [0.1, 0.15) is 36.2 Å². The lowest BCUT2D eigenvalue weighted by Crippen LogP contribution is -2.61. The van der Waals surface area contributed by atoms with E-state index >= 15 is 0 Å². The molecule has 4 N–H and O–H groups in total. The quantitative estimate of drug-likeness (QED) is 0.300. The lowest BCUT2D eigenvalue weighted by atomic mass is 9.89. The third kappa shape index (κ3) is 9.83. The molecular formula is C38H46N6O7. The number of ether oxygens (including phenoxy) is 2. The lowest BCUT2D eigenvalue weighted by Gasteiger charge is -2.41. The summed E-state index contributed by atoms with van der Waals surface area (Å²) < 4.78 is 12.2. The highest BCUT2D eigenvalue weighted by Crippen LogP contribution is 2.31. The van der Waals surface area contributed by atoms with E-state index in [2.05, 4.69) is 26.3 Å². The second-order valence-corrected chi connectivity index (χ2v) is 13.2. The number of piperidine rings is 1. The van der Waals surface area contributed by atoms with Crippen LogP contribution >= 0.6 is 0 Å². The van der Waals surface area contributed by atoms with Gasteiger partial charge in [0.2, 0.25) is 23.6 Å². The molecule has 0 aliphatic carbocycles. The van der Waals surface area contributed by atoms with Crippen molar-refractivity contribution >= 4 is 29.5 Å². The van der Waals surface area contributed by atoms with Crippen molar-refractivity contribution in [1.29, 1.82) is 0 Å². The molecule has 0 saturated carbocycles. The number of fused-ring (bicyclic) bond motifs is 15. The van der Waals surface area contributed by atoms with Gasteiger partial charge in [-0.25, -0.2) is 0 Å². The summed E-state index contributed by atoms with van der Waals surface area (Å²) in [5.41, 5.74) is 1.96. The van der Waals surface area contributed by atoms with Crippen LogP contribution in [-0.4, -0.2) is 89.4 Å². The molecule has 1 aromatic heterocycles. The Bertz CT molecular complexity index is 1700. The minimum absolute atomic E-state index is 0.0651. The topological polar surface area (TPSA) is 168 Å². The van der Waals surface area contributed by atoms with Crippen LogP contribution in [0.4, 0.5) is 0 Å². The third-order valence-corrected chi connectivity index (χ3v) is 9.05. The van der Waals surface area contributed by atoms with Gasteiger partial charge < -0.3 is 35.6 Å². The number of nitrogens with zero attached hydrogens (tertiary/aromatic N) is 2. The molecule has 3 aliphatic heterocycles. The largest absolute Gasteiger partial charge is 0.492 e. The van der Waals surface area contributed by atoms with Crippen LogP contribution in [0.5, 0.6) is 11.5 Å². The number of pyridine rings is 1. The van der Waals surface area contributed by atoms with Gasteiger partial charge in [-0.15, -0.1) is 0 Å². The minimum atomic E-state index is -1.39. The number of hydrogen-bond donors (Lipinski definition) is 4. The minimum Gasteiger partial charge on any atom is -0.492 e. The molecule has 3 aliphatic rings. The first-order valence-electron chi connectivity index (χ1n) is 17.3. The third-order valence-electron chi connectivity index (χ3n) is 9.05. The highest BCUT2D eigenvalue weighted by molar-refractivity contribution is 5.95. The summed E-state index contributed by atoms with van der Waals surface area (Å²) >= 11 is 0. The Balaban J connectivity index is 1.36. The Morgan fingerprint density at radius 2 is 1.43 bits per heavy atom. The Morgan fingerprint density at radius 1 is 0.804 bits per heavy atom. The Labute approximate surface area is 297 Å². The van der Waals surface area contributed by atoms with Crippen molar-refractivity contribution in [3.8, 4) is 11.5 Å². The molecule has 1 spiro atoms. The number of aromatic nitrogens is 1. The zero-order valence-corrected chi connectivity index (χ0v) is 29.5. The van der Waals surface area contributed by atoms with Gasteiger partial charge >= 0.3 is 0 Å². The second kappa shape index (κ2) is 16.5. The highest BCUT2D eigenvalue weighted by Gasteiger charge is 2.45. The molecule has 2 bridgehead atoms. The molecule has 4 heterocycles. The van der Waals surface area contributed by atoms with Crippen LogP contribution < -0.4 is 30.7 Å².